The Morgan fingerprint density at radius 3 is 2.56 bits per heavy atom. The second-order valence-corrected chi connectivity index (χ2v) is 4.93. The molecule has 1 unspecified atom stereocenters. The van der Waals surface area contributed by atoms with Crippen molar-refractivity contribution in [3.8, 4) is 0 Å². The molecule has 0 spiro atoms. The molecule has 1 atom stereocenters. The van der Waals surface area contributed by atoms with Gasteiger partial charge in [-0.15, -0.1) is 0 Å². The standard InChI is InChI=1S/C17H26O/c1-2-10-17(15-18)14-7-4-3-6-11-16-12-8-5-9-13-16/h5-6,8-9,11-13,17-18H,2-4,7,10,14-15H2,1H3. The third kappa shape index (κ3) is 6.61. The fraction of sp³-hybridized carbons (Fsp3) is 0.529. The van der Waals surface area contributed by atoms with E-state index in [1.165, 1.54) is 31.2 Å². The van der Waals surface area contributed by atoms with E-state index in [9.17, 15) is 5.11 Å². The lowest BCUT2D eigenvalue weighted by Crippen LogP contribution is -2.05. The molecule has 1 aromatic rings. The fourth-order valence-electron chi connectivity index (χ4n) is 2.21. The fourth-order valence-corrected chi connectivity index (χ4v) is 2.21. The number of allylic oxidation sites excluding steroid dienone is 1. The van der Waals surface area contributed by atoms with Crippen molar-refractivity contribution in [1.29, 1.82) is 0 Å². The Labute approximate surface area is 112 Å². The molecule has 0 fully saturated rings. The molecular weight excluding hydrogens is 220 g/mol. The lowest BCUT2D eigenvalue weighted by molar-refractivity contribution is 0.207. The van der Waals surface area contributed by atoms with Crippen molar-refractivity contribution in [2.75, 3.05) is 6.61 Å². The molecule has 0 radical (unpaired) electrons. The van der Waals surface area contributed by atoms with Crippen molar-refractivity contribution in [1.82, 2.24) is 0 Å². The molecule has 18 heavy (non-hydrogen) atoms. The van der Waals surface area contributed by atoms with Crippen LogP contribution in [0.2, 0.25) is 0 Å². The lowest BCUT2D eigenvalue weighted by Gasteiger charge is -2.11. The smallest absolute Gasteiger partial charge is 0.0459 e. The number of hydrogen-bond donors (Lipinski definition) is 1. The topological polar surface area (TPSA) is 20.2 Å². The first-order valence-electron chi connectivity index (χ1n) is 7.19. The quantitative estimate of drug-likeness (QED) is 0.628. The van der Waals surface area contributed by atoms with E-state index in [-0.39, 0.29) is 0 Å². The Kier molecular flexibility index (Phi) is 8.24. The van der Waals surface area contributed by atoms with Gasteiger partial charge in [-0.2, -0.15) is 0 Å². The van der Waals surface area contributed by atoms with Crippen LogP contribution in [0.4, 0.5) is 0 Å². The van der Waals surface area contributed by atoms with E-state index in [0.29, 0.717) is 12.5 Å². The first-order valence-corrected chi connectivity index (χ1v) is 7.19. The van der Waals surface area contributed by atoms with Gasteiger partial charge >= 0.3 is 0 Å². The van der Waals surface area contributed by atoms with E-state index in [0.717, 1.165) is 12.8 Å². The van der Waals surface area contributed by atoms with Crippen molar-refractivity contribution in [2.24, 2.45) is 5.92 Å². The van der Waals surface area contributed by atoms with E-state index >= 15 is 0 Å². The summed E-state index contributed by atoms with van der Waals surface area (Å²) < 4.78 is 0. The molecule has 100 valence electrons. The van der Waals surface area contributed by atoms with Gasteiger partial charge in [-0.25, -0.2) is 0 Å². The summed E-state index contributed by atoms with van der Waals surface area (Å²) in [7, 11) is 0. The van der Waals surface area contributed by atoms with E-state index in [1.54, 1.807) is 0 Å². The Morgan fingerprint density at radius 2 is 1.89 bits per heavy atom. The Balaban J connectivity index is 2.10. The highest BCUT2D eigenvalue weighted by Crippen LogP contribution is 2.15. The summed E-state index contributed by atoms with van der Waals surface area (Å²) >= 11 is 0. The summed E-state index contributed by atoms with van der Waals surface area (Å²) in [6.45, 7) is 2.54. The highest BCUT2D eigenvalue weighted by Gasteiger charge is 2.04. The zero-order valence-corrected chi connectivity index (χ0v) is 11.5. The van der Waals surface area contributed by atoms with Crippen LogP contribution in [0.1, 0.15) is 51.0 Å². The van der Waals surface area contributed by atoms with Crippen molar-refractivity contribution >= 4 is 6.08 Å². The molecule has 0 saturated carbocycles. The van der Waals surface area contributed by atoms with Crippen LogP contribution in [-0.2, 0) is 0 Å². The molecule has 0 bridgehead atoms. The van der Waals surface area contributed by atoms with Gasteiger partial charge in [0.2, 0.25) is 0 Å². The molecule has 0 aliphatic rings. The molecule has 0 aliphatic heterocycles. The average molecular weight is 246 g/mol. The third-order valence-electron chi connectivity index (χ3n) is 3.30. The number of hydrogen-bond acceptors (Lipinski definition) is 1. The third-order valence-corrected chi connectivity index (χ3v) is 3.30. The van der Waals surface area contributed by atoms with E-state index in [1.807, 2.05) is 6.07 Å². The van der Waals surface area contributed by atoms with Crippen LogP contribution in [0.15, 0.2) is 36.4 Å². The molecule has 1 aromatic carbocycles. The summed E-state index contributed by atoms with van der Waals surface area (Å²) in [5.41, 5.74) is 1.27. The van der Waals surface area contributed by atoms with E-state index < -0.39 is 0 Å². The Morgan fingerprint density at radius 1 is 1.11 bits per heavy atom. The molecule has 0 amide bonds. The Hall–Kier alpha value is -1.08. The molecule has 0 saturated heterocycles. The zero-order valence-electron chi connectivity index (χ0n) is 11.5. The van der Waals surface area contributed by atoms with Gasteiger partial charge in [-0.05, 0) is 37.2 Å². The van der Waals surface area contributed by atoms with Crippen LogP contribution < -0.4 is 0 Å². The molecule has 0 heterocycles. The van der Waals surface area contributed by atoms with E-state index in [4.69, 9.17) is 0 Å². The Bertz CT molecular complexity index is 316. The normalized spacial score (nSPS) is 13.0. The molecule has 1 rings (SSSR count). The molecule has 1 nitrogen and oxygen atoms in total. The number of aliphatic hydroxyl groups excluding tert-OH is 1. The van der Waals surface area contributed by atoms with Crippen LogP contribution in [-0.4, -0.2) is 11.7 Å². The molecule has 0 aliphatic carbocycles. The van der Waals surface area contributed by atoms with Crippen LogP contribution in [0.3, 0.4) is 0 Å². The number of rotatable bonds is 9. The number of aliphatic hydroxyl groups is 1. The summed E-state index contributed by atoms with van der Waals surface area (Å²) in [4.78, 5) is 0. The van der Waals surface area contributed by atoms with Gasteiger partial charge in [0.1, 0.15) is 0 Å². The van der Waals surface area contributed by atoms with Crippen LogP contribution >= 0.6 is 0 Å². The largest absolute Gasteiger partial charge is 0.396 e. The molecule has 1 N–H and O–H groups in total. The summed E-state index contributed by atoms with van der Waals surface area (Å²) in [6.07, 6.45) is 11.5. The van der Waals surface area contributed by atoms with Gasteiger partial charge < -0.3 is 5.11 Å². The van der Waals surface area contributed by atoms with E-state index in [2.05, 4.69) is 43.3 Å². The van der Waals surface area contributed by atoms with Crippen molar-refractivity contribution in [2.45, 2.75) is 45.4 Å². The maximum absolute atomic E-state index is 9.19. The maximum Gasteiger partial charge on any atom is 0.0459 e. The summed E-state index contributed by atoms with van der Waals surface area (Å²) in [5.74, 6) is 0.521. The summed E-state index contributed by atoms with van der Waals surface area (Å²) in [5, 5.41) is 9.19. The van der Waals surface area contributed by atoms with Crippen LogP contribution in [0.25, 0.3) is 6.08 Å². The second kappa shape index (κ2) is 9.90. The van der Waals surface area contributed by atoms with Gasteiger partial charge in [0.25, 0.3) is 0 Å². The van der Waals surface area contributed by atoms with Gasteiger partial charge in [0, 0.05) is 6.61 Å². The highest BCUT2D eigenvalue weighted by molar-refractivity contribution is 5.48. The first kappa shape index (κ1) is 15.0. The van der Waals surface area contributed by atoms with Crippen LogP contribution in [0.5, 0.6) is 0 Å². The summed E-state index contributed by atoms with van der Waals surface area (Å²) in [6, 6.07) is 10.4. The maximum atomic E-state index is 9.19. The number of unbranched alkanes of at least 4 members (excludes halogenated alkanes) is 2. The zero-order chi connectivity index (χ0) is 13.1. The first-order chi connectivity index (χ1) is 8.86. The van der Waals surface area contributed by atoms with Crippen molar-refractivity contribution in [3.05, 3.63) is 42.0 Å². The molecular formula is C17H26O. The van der Waals surface area contributed by atoms with Gasteiger partial charge in [-0.1, -0.05) is 62.2 Å². The minimum absolute atomic E-state index is 0.355. The molecule has 1 heteroatoms. The predicted molar refractivity (Wildman–Crippen MR) is 79.4 cm³/mol. The van der Waals surface area contributed by atoms with Crippen molar-refractivity contribution in [3.63, 3.8) is 0 Å². The van der Waals surface area contributed by atoms with Gasteiger partial charge in [-0.3, -0.25) is 0 Å². The van der Waals surface area contributed by atoms with Gasteiger partial charge in [0.15, 0.2) is 0 Å². The predicted octanol–water partition coefficient (Wildman–Crippen LogP) is 4.67. The SMILES string of the molecule is CCCC(CO)CCCCC=Cc1ccccc1. The van der Waals surface area contributed by atoms with Crippen LogP contribution in [0, 0.1) is 5.92 Å². The average Bonchev–Trinajstić information content (AvgIpc) is 2.42. The second-order valence-electron chi connectivity index (χ2n) is 4.93. The minimum atomic E-state index is 0.355. The lowest BCUT2D eigenvalue weighted by atomic mass is 9.97. The highest BCUT2D eigenvalue weighted by atomic mass is 16.3. The minimum Gasteiger partial charge on any atom is -0.396 e. The number of benzene rings is 1. The monoisotopic (exact) mass is 246 g/mol. The van der Waals surface area contributed by atoms with Crippen molar-refractivity contribution < 1.29 is 5.11 Å². The van der Waals surface area contributed by atoms with Gasteiger partial charge in [0.05, 0.1) is 0 Å². The molecule has 0 aromatic heterocycles.